The third-order valence-corrected chi connectivity index (χ3v) is 4.67. The van der Waals surface area contributed by atoms with Crippen molar-refractivity contribution in [1.29, 1.82) is 0 Å². The largest absolute Gasteiger partial charge is 0.352 e. The molecule has 2 heterocycles. The summed E-state index contributed by atoms with van der Waals surface area (Å²) in [4.78, 5) is 36.1. The molecule has 1 fully saturated rings. The lowest BCUT2D eigenvalue weighted by atomic mass is 10.2. The SMILES string of the molecule is CCC(=O)N1CCC(NC(=NC)NCC(=O)N(C)CCc2ccccn2)C1. The second-order valence-corrected chi connectivity index (χ2v) is 6.64. The van der Waals surface area contributed by atoms with Crippen LogP contribution in [0.25, 0.3) is 0 Å². The van der Waals surface area contributed by atoms with Gasteiger partial charge in [0.05, 0.1) is 6.54 Å². The number of nitrogens with one attached hydrogen (secondary N) is 2. The van der Waals surface area contributed by atoms with Gasteiger partial charge < -0.3 is 20.4 Å². The van der Waals surface area contributed by atoms with Crippen LogP contribution in [0.5, 0.6) is 0 Å². The summed E-state index contributed by atoms with van der Waals surface area (Å²) in [5, 5.41) is 6.35. The summed E-state index contributed by atoms with van der Waals surface area (Å²) in [6.45, 7) is 4.09. The molecule has 27 heavy (non-hydrogen) atoms. The lowest BCUT2D eigenvalue weighted by Gasteiger charge is -2.20. The Labute approximate surface area is 161 Å². The van der Waals surface area contributed by atoms with Gasteiger partial charge in [-0.15, -0.1) is 0 Å². The summed E-state index contributed by atoms with van der Waals surface area (Å²) in [7, 11) is 3.46. The molecule has 0 aromatic carbocycles. The molecule has 1 aromatic heterocycles. The minimum Gasteiger partial charge on any atom is -0.352 e. The lowest BCUT2D eigenvalue weighted by molar-refractivity contribution is -0.130. The fourth-order valence-electron chi connectivity index (χ4n) is 2.96. The minimum absolute atomic E-state index is 0.0110. The first-order valence-corrected chi connectivity index (χ1v) is 9.42. The van der Waals surface area contributed by atoms with E-state index in [4.69, 9.17) is 0 Å². The zero-order valence-electron chi connectivity index (χ0n) is 16.4. The predicted molar refractivity (Wildman–Crippen MR) is 105 cm³/mol. The first-order valence-electron chi connectivity index (χ1n) is 9.42. The number of carbonyl (C=O) groups is 2. The Bertz CT molecular complexity index is 649. The molecule has 2 N–H and O–H groups in total. The van der Waals surface area contributed by atoms with Crippen molar-refractivity contribution >= 4 is 17.8 Å². The highest BCUT2D eigenvalue weighted by Crippen LogP contribution is 2.10. The number of hydrogen-bond acceptors (Lipinski definition) is 4. The van der Waals surface area contributed by atoms with Crippen LogP contribution in [-0.2, 0) is 16.0 Å². The first-order chi connectivity index (χ1) is 13.0. The van der Waals surface area contributed by atoms with E-state index in [1.165, 1.54) is 0 Å². The summed E-state index contributed by atoms with van der Waals surface area (Å²) < 4.78 is 0. The maximum Gasteiger partial charge on any atom is 0.241 e. The van der Waals surface area contributed by atoms with E-state index in [9.17, 15) is 9.59 Å². The molecule has 148 valence electrons. The Kier molecular flexibility index (Phi) is 8.03. The van der Waals surface area contributed by atoms with Gasteiger partial charge in [-0.25, -0.2) is 0 Å². The van der Waals surface area contributed by atoms with Gasteiger partial charge in [0.2, 0.25) is 11.8 Å². The van der Waals surface area contributed by atoms with Crippen LogP contribution in [0.4, 0.5) is 0 Å². The van der Waals surface area contributed by atoms with Crippen LogP contribution in [0.1, 0.15) is 25.5 Å². The smallest absolute Gasteiger partial charge is 0.241 e. The molecule has 0 aliphatic carbocycles. The van der Waals surface area contributed by atoms with Gasteiger partial charge in [0.15, 0.2) is 5.96 Å². The maximum absolute atomic E-state index is 12.3. The molecule has 0 bridgehead atoms. The quantitative estimate of drug-likeness (QED) is 0.528. The van der Waals surface area contributed by atoms with E-state index in [0.717, 1.165) is 25.1 Å². The van der Waals surface area contributed by atoms with E-state index < -0.39 is 0 Å². The molecule has 0 spiro atoms. The summed E-state index contributed by atoms with van der Waals surface area (Å²) in [5.41, 5.74) is 0.968. The predicted octanol–water partition coefficient (Wildman–Crippen LogP) is 0.258. The summed E-state index contributed by atoms with van der Waals surface area (Å²) in [6.07, 6.45) is 3.88. The number of aromatic nitrogens is 1. The maximum atomic E-state index is 12.3. The van der Waals surface area contributed by atoms with Crippen LogP contribution >= 0.6 is 0 Å². The van der Waals surface area contributed by atoms with Crippen molar-refractivity contribution in [2.75, 3.05) is 40.3 Å². The Morgan fingerprint density at radius 1 is 1.41 bits per heavy atom. The Morgan fingerprint density at radius 2 is 2.22 bits per heavy atom. The average molecular weight is 374 g/mol. The molecule has 2 rings (SSSR count). The zero-order chi connectivity index (χ0) is 19.6. The van der Waals surface area contributed by atoms with Crippen molar-refractivity contribution in [1.82, 2.24) is 25.4 Å². The average Bonchev–Trinajstić information content (AvgIpc) is 3.17. The number of amides is 2. The molecular formula is C19H30N6O2. The molecule has 8 nitrogen and oxygen atoms in total. The van der Waals surface area contributed by atoms with Crippen molar-refractivity contribution in [3.63, 3.8) is 0 Å². The number of likely N-dealkylation sites (N-methyl/N-ethyl adjacent to an activating group) is 1. The van der Waals surface area contributed by atoms with Crippen LogP contribution < -0.4 is 10.6 Å². The fourth-order valence-corrected chi connectivity index (χ4v) is 2.96. The van der Waals surface area contributed by atoms with Gasteiger partial charge in [-0.2, -0.15) is 0 Å². The van der Waals surface area contributed by atoms with Crippen LogP contribution in [0.2, 0.25) is 0 Å². The standard InChI is InChI=1S/C19H30N6O2/c1-4-17(26)25-12-9-16(14-25)23-19(20-2)22-13-18(27)24(3)11-8-15-7-5-6-10-21-15/h5-7,10,16H,4,8-9,11-14H2,1-3H3,(H2,20,22,23). The van der Waals surface area contributed by atoms with Crippen molar-refractivity contribution < 1.29 is 9.59 Å². The number of aliphatic imine (C=N–C) groups is 1. The summed E-state index contributed by atoms with van der Waals surface area (Å²) in [6, 6.07) is 5.93. The topological polar surface area (TPSA) is 89.9 Å². The molecule has 1 aromatic rings. The van der Waals surface area contributed by atoms with E-state index in [-0.39, 0.29) is 24.4 Å². The molecule has 8 heteroatoms. The number of likely N-dealkylation sites (tertiary alicyclic amines) is 1. The molecule has 0 radical (unpaired) electrons. The van der Waals surface area contributed by atoms with E-state index in [1.807, 2.05) is 30.0 Å². The van der Waals surface area contributed by atoms with E-state index in [1.54, 1.807) is 25.2 Å². The Morgan fingerprint density at radius 3 is 2.89 bits per heavy atom. The van der Waals surface area contributed by atoms with Gasteiger partial charge in [-0.1, -0.05) is 13.0 Å². The van der Waals surface area contributed by atoms with Crippen LogP contribution in [0.15, 0.2) is 29.4 Å². The number of carbonyl (C=O) groups excluding carboxylic acids is 2. The summed E-state index contributed by atoms with van der Waals surface area (Å²) in [5.74, 6) is 0.743. The monoisotopic (exact) mass is 374 g/mol. The number of hydrogen-bond donors (Lipinski definition) is 2. The highest BCUT2D eigenvalue weighted by atomic mass is 16.2. The van der Waals surface area contributed by atoms with Gasteiger partial charge in [-0.3, -0.25) is 19.6 Å². The number of pyridine rings is 1. The molecular weight excluding hydrogens is 344 g/mol. The first kappa shape index (κ1) is 20.7. The highest BCUT2D eigenvalue weighted by Gasteiger charge is 2.25. The second kappa shape index (κ2) is 10.5. The molecule has 1 saturated heterocycles. The number of guanidine groups is 1. The van der Waals surface area contributed by atoms with Crippen molar-refractivity contribution in [3.05, 3.63) is 30.1 Å². The molecule has 1 aliphatic rings. The molecule has 2 amide bonds. The van der Waals surface area contributed by atoms with Gasteiger partial charge in [0.25, 0.3) is 0 Å². The van der Waals surface area contributed by atoms with Gasteiger partial charge in [0.1, 0.15) is 0 Å². The van der Waals surface area contributed by atoms with Crippen LogP contribution in [-0.4, -0.2) is 78.9 Å². The van der Waals surface area contributed by atoms with Crippen molar-refractivity contribution in [2.45, 2.75) is 32.2 Å². The molecule has 1 unspecified atom stereocenters. The fraction of sp³-hybridized carbons (Fsp3) is 0.579. The van der Waals surface area contributed by atoms with E-state index in [0.29, 0.717) is 25.5 Å². The number of rotatable bonds is 7. The van der Waals surface area contributed by atoms with E-state index in [2.05, 4.69) is 20.6 Å². The third kappa shape index (κ3) is 6.54. The van der Waals surface area contributed by atoms with Crippen molar-refractivity contribution in [2.24, 2.45) is 4.99 Å². The molecule has 1 atom stereocenters. The van der Waals surface area contributed by atoms with Crippen molar-refractivity contribution in [3.8, 4) is 0 Å². The second-order valence-electron chi connectivity index (χ2n) is 6.64. The highest BCUT2D eigenvalue weighted by molar-refractivity contribution is 5.86. The molecule has 1 aliphatic heterocycles. The Balaban J connectivity index is 1.71. The normalized spacial score (nSPS) is 16.9. The number of nitrogens with zero attached hydrogens (tertiary/aromatic N) is 4. The van der Waals surface area contributed by atoms with Crippen LogP contribution in [0, 0.1) is 0 Å². The zero-order valence-corrected chi connectivity index (χ0v) is 16.4. The van der Waals surface area contributed by atoms with Crippen LogP contribution in [0.3, 0.4) is 0 Å². The third-order valence-electron chi connectivity index (χ3n) is 4.67. The minimum atomic E-state index is -0.0110. The van der Waals surface area contributed by atoms with Gasteiger partial charge >= 0.3 is 0 Å². The Hall–Kier alpha value is -2.64. The summed E-state index contributed by atoms with van der Waals surface area (Å²) >= 11 is 0. The van der Waals surface area contributed by atoms with E-state index >= 15 is 0 Å². The van der Waals surface area contributed by atoms with Gasteiger partial charge in [-0.05, 0) is 18.6 Å². The lowest BCUT2D eigenvalue weighted by Crippen LogP contribution is -2.48. The molecule has 0 saturated carbocycles. The van der Waals surface area contributed by atoms with Gasteiger partial charge in [0, 0.05) is 64.5 Å².